The first-order valence-corrected chi connectivity index (χ1v) is 5.09. The van der Waals surface area contributed by atoms with Gasteiger partial charge in [0.05, 0.1) is 18.1 Å². The predicted molar refractivity (Wildman–Crippen MR) is 59.8 cm³/mol. The molecule has 4 heteroatoms. The van der Waals surface area contributed by atoms with Crippen LogP contribution >= 0.6 is 0 Å². The van der Waals surface area contributed by atoms with Crippen molar-refractivity contribution in [1.82, 2.24) is 5.32 Å². The minimum atomic E-state index is -0.501. The quantitative estimate of drug-likeness (QED) is 0.679. The fourth-order valence-electron chi connectivity index (χ4n) is 1.10. The highest BCUT2D eigenvalue weighted by Crippen LogP contribution is 2.16. The molecule has 0 aromatic heterocycles. The third-order valence-corrected chi connectivity index (χ3v) is 2.41. The van der Waals surface area contributed by atoms with Crippen LogP contribution in [0.1, 0.15) is 27.7 Å². The first kappa shape index (κ1) is 14.4. The molecule has 0 aromatic carbocycles. The molecule has 0 radical (unpaired) electrons. The van der Waals surface area contributed by atoms with Crippen LogP contribution in [-0.2, 0) is 14.3 Å². The molecular weight excluding hydrogens is 194 g/mol. The smallest absolute Gasteiger partial charge is 0.312 e. The molecule has 0 unspecified atom stereocenters. The van der Waals surface area contributed by atoms with Gasteiger partial charge in [-0.2, -0.15) is 0 Å². The van der Waals surface area contributed by atoms with Crippen molar-refractivity contribution in [2.45, 2.75) is 33.3 Å². The Balaban J connectivity index is 4.00. The van der Waals surface area contributed by atoms with E-state index in [2.05, 4.69) is 5.32 Å². The normalized spacial score (nSPS) is 12.7. The molecule has 0 atom stereocenters. The number of ether oxygens (including phenoxy) is 2. The molecule has 0 heterocycles. The van der Waals surface area contributed by atoms with Crippen LogP contribution < -0.4 is 5.32 Å². The van der Waals surface area contributed by atoms with Crippen LogP contribution in [0.15, 0.2) is 0 Å². The number of hydrogen-bond acceptors (Lipinski definition) is 4. The van der Waals surface area contributed by atoms with Crippen molar-refractivity contribution < 1.29 is 14.3 Å². The maximum atomic E-state index is 11.4. The van der Waals surface area contributed by atoms with Gasteiger partial charge in [0.1, 0.15) is 0 Å². The lowest BCUT2D eigenvalue weighted by Gasteiger charge is -2.27. The highest BCUT2D eigenvalue weighted by atomic mass is 16.5. The van der Waals surface area contributed by atoms with E-state index in [0.717, 1.165) is 0 Å². The summed E-state index contributed by atoms with van der Waals surface area (Å²) in [6, 6.07) is 0. The van der Waals surface area contributed by atoms with Gasteiger partial charge in [0.2, 0.25) is 0 Å². The van der Waals surface area contributed by atoms with Gasteiger partial charge < -0.3 is 14.8 Å². The van der Waals surface area contributed by atoms with E-state index < -0.39 is 5.41 Å². The molecule has 0 saturated carbocycles. The summed E-state index contributed by atoms with van der Waals surface area (Å²) in [6.07, 6.45) is 0. The SMILES string of the molecule is COC(=O)C(C)(C)CNCC(C)(C)OC. The zero-order valence-electron chi connectivity index (χ0n) is 10.6. The number of methoxy groups -OCH3 is 2. The number of nitrogens with one attached hydrogen (secondary N) is 1. The fraction of sp³-hybridized carbons (Fsp3) is 0.909. The molecule has 4 nitrogen and oxygen atoms in total. The second-order valence-corrected chi connectivity index (χ2v) is 4.94. The van der Waals surface area contributed by atoms with E-state index in [-0.39, 0.29) is 11.6 Å². The van der Waals surface area contributed by atoms with Gasteiger partial charge in [0, 0.05) is 20.2 Å². The Labute approximate surface area is 92.3 Å². The van der Waals surface area contributed by atoms with Gasteiger partial charge in [-0.3, -0.25) is 4.79 Å². The highest BCUT2D eigenvalue weighted by Gasteiger charge is 2.29. The van der Waals surface area contributed by atoms with Crippen LogP contribution in [0.4, 0.5) is 0 Å². The van der Waals surface area contributed by atoms with Gasteiger partial charge in [-0.25, -0.2) is 0 Å². The van der Waals surface area contributed by atoms with Crippen molar-refractivity contribution in [2.75, 3.05) is 27.3 Å². The molecule has 0 aliphatic rings. The van der Waals surface area contributed by atoms with Crippen molar-refractivity contribution in [1.29, 1.82) is 0 Å². The molecule has 0 aliphatic heterocycles. The average Bonchev–Trinajstić information content (AvgIpc) is 2.16. The lowest BCUT2D eigenvalue weighted by molar-refractivity contribution is -0.150. The molecule has 0 spiro atoms. The average molecular weight is 217 g/mol. The largest absolute Gasteiger partial charge is 0.469 e. The van der Waals surface area contributed by atoms with Crippen LogP contribution in [0, 0.1) is 5.41 Å². The predicted octanol–water partition coefficient (Wildman–Crippen LogP) is 1.20. The van der Waals surface area contributed by atoms with Gasteiger partial charge in [0.25, 0.3) is 0 Å². The lowest BCUT2D eigenvalue weighted by atomic mass is 9.93. The Morgan fingerprint density at radius 1 is 1.13 bits per heavy atom. The number of rotatable bonds is 6. The molecule has 0 bridgehead atoms. The van der Waals surface area contributed by atoms with Gasteiger partial charge in [-0.15, -0.1) is 0 Å². The summed E-state index contributed by atoms with van der Waals surface area (Å²) in [4.78, 5) is 11.4. The minimum Gasteiger partial charge on any atom is -0.469 e. The Bertz CT molecular complexity index is 212. The summed E-state index contributed by atoms with van der Waals surface area (Å²) in [5.41, 5.74) is -0.717. The van der Waals surface area contributed by atoms with Crippen LogP contribution in [0.2, 0.25) is 0 Å². The minimum absolute atomic E-state index is 0.203. The summed E-state index contributed by atoms with van der Waals surface area (Å²) in [6.45, 7) is 8.96. The van der Waals surface area contributed by atoms with E-state index >= 15 is 0 Å². The molecule has 0 saturated heterocycles. The van der Waals surface area contributed by atoms with E-state index in [1.807, 2.05) is 27.7 Å². The third-order valence-electron chi connectivity index (χ3n) is 2.41. The van der Waals surface area contributed by atoms with E-state index in [0.29, 0.717) is 13.1 Å². The Morgan fingerprint density at radius 2 is 1.67 bits per heavy atom. The third kappa shape index (κ3) is 5.14. The van der Waals surface area contributed by atoms with Crippen LogP contribution in [0.25, 0.3) is 0 Å². The monoisotopic (exact) mass is 217 g/mol. The number of carbonyl (C=O) groups is 1. The zero-order chi connectivity index (χ0) is 12.1. The number of esters is 1. The van der Waals surface area contributed by atoms with Crippen LogP contribution in [0.3, 0.4) is 0 Å². The van der Waals surface area contributed by atoms with E-state index in [1.165, 1.54) is 7.11 Å². The summed E-state index contributed by atoms with van der Waals surface area (Å²) >= 11 is 0. The lowest BCUT2D eigenvalue weighted by Crippen LogP contribution is -2.43. The van der Waals surface area contributed by atoms with E-state index in [1.54, 1.807) is 7.11 Å². The second kappa shape index (κ2) is 5.47. The van der Waals surface area contributed by atoms with Gasteiger partial charge in [0.15, 0.2) is 0 Å². The molecule has 0 rings (SSSR count). The zero-order valence-corrected chi connectivity index (χ0v) is 10.6. The van der Waals surface area contributed by atoms with E-state index in [9.17, 15) is 4.79 Å². The topological polar surface area (TPSA) is 47.6 Å². The van der Waals surface area contributed by atoms with Crippen molar-refractivity contribution in [3.8, 4) is 0 Å². The molecule has 15 heavy (non-hydrogen) atoms. The second-order valence-electron chi connectivity index (χ2n) is 4.94. The molecule has 0 amide bonds. The first-order chi connectivity index (χ1) is 6.75. The molecule has 0 aliphatic carbocycles. The Kier molecular flexibility index (Phi) is 5.24. The summed E-state index contributed by atoms with van der Waals surface area (Å²) in [5.74, 6) is -0.203. The van der Waals surface area contributed by atoms with Crippen LogP contribution in [-0.4, -0.2) is 38.9 Å². The number of hydrogen-bond donors (Lipinski definition) is 1. The maximum Gasteiger partial charge on any atom is 0.312 e. The molecule has 1 N–H and O–H groups in total. The Hall–Kier alpha value is -0.610. The summed E-state index contributed by atoms with van der Waals surface area (Å²) < 4.78 is 9.97. The molecular formula is C11H23NO3. The molecule has 0 fully saturated rings. The highest BCUT2D eigenvalue weighted by molar-refractivity contribution is 5.76. The summed E-state index contributed by atoms with van der Waals surface area (Å²) in [7, 11) is 3.08. The first-order valence-electron chi connectivity index (χ1n) is 5.09. The van der Waals surface area contributed by atoms with Gasteiger partial charge in [-0.1, -0.05) is 0 Å². The van der Waals surface area contributed by atoms with E-state index in [4.69, 9.17) is 9.47 Å². The maximum absolute atomic E-state index is 11.4. The van der Waals surface area contributed by atoms with Gasteiger partial charge in [-0.05, 0) is 27.7 Å². The fourth-order valence-corrected chi connectivity index (χ4v) is 1.10. The van der Waals surface area contributed by atoms with Crippen molar-refractivity contribution in [3.05, 3.63) is 0 Å². The van der Waals surface area contributed by atoms with Crippen molar-refractivity contribution >= 4 is 5.97 Å². The van der Waals surface area contributed by atoms with Crippen molar-refractivity contribution in [2.24, 2.45) is 5.41 Å². The van der Waals surface area contributed by atoms with Crippen molar-refractivity contribution in [3.63, 3.8) is 0 Å². The number of carbonyl (C=O) groups excluding carboxylic acids is 1. The molecule has 90 valence electrons. The Morgan fingerprint density at radius 3 is 2.07 bits per heavy atom. The van der Waals surface area contributed by atoms with Crippen LogP contribution in [0.5, 0.6) is 0 Å². The van der Waals surface area contributed by atoms with Gasteiger partial charge >= 0.3 is 5.97 Å². The molecule has 0 aromatic rings. The standard InChI is InChI=1S/C11H23NO3/c1-10(2,9(13)14-5)7-12-8-11(3,4)15-6/h12H,7-8H2,1-6H3. The summed E-state index contributed by atoms with van der Waals surface area (Å²) in [5, 5.41) is 3.21.